The largest absolute Gasteiger partial charge is 0.357 e. The summed E-state index contributed by atoms with van der Waals surface area (Å²) < 4.78 is 0. The molecule has 1 fully saturated rings. The standard InChI is InChI=1S/C11H17N3/c1-14-6-4-9(7-12)11(14)10-3-2-5-13-8-10/h2-3,5,8-9,11H,4,6-7,12H2,1H3/p+1. The second-order valence-electron chi connectivity index (χ2n) is 4.05. The Bertz CT molecular complexity index is 286. The van der Waals surface area contributed by atoms with Gasteiger partial charge in [-0.15, -0.1) is 0 Å². The van der Waals surface area contributed by atoms with E-state index in [1.54, 1.807) is 0 Å². The van der Waals surface area contributed by atoms with Crippen molar-refractivity contribution in [1.29, 1.82) is 0 Å². The molecule has 2 heterocycles. The minimum absolute atomic E-state index is 0.529. The summed E-state index contributed by atoms with van der Waals surface area (Å²) in [6.07, 6.45) is 5.08. The minimum Gasteiger partial charge on any atom is -0.357 e. The number of hydrogen-bond acceptors (Lipinski definition) is 2. The van der Waals surface area contributed by atoms with Crippen LogP contribution in [0.2, 0.25) is 0 Å². The second-order valence-corrected chi connectivity index (χ2v) is 4.05. The van der Waals surface area contributed by atoms with E-state index in [0.29, 0.717) is 12.0 Å². The predicted molar refractivity (Wildman–Crippen MR) is 55.5 cm³/mol. The van der Waals surface area contributed by atoms with Crippen LogP contribution in [0.5, 0.6) is 0 Å². The summed E-state index contributed by atoms with van der Waals surface area (Å²) in [5, 5.41) is 0. The molecule has 0 spiro atoms. The molecule has 0 bridgehead atoms. The quantitative estimate of drug-likeness (QED) is 0.733. The number of hydrogen-bond donors (Lipinski definition) is 1. The van der Waals surface area contributed by atoms with Gasteiger partial charge in [-0.25, -0.2) is 0 Å². The highest BCUT2D eigenvalue weighted by molar-refractivity contribution is 5.16. The lowest BCUT2D eigenvalue weighted by atomic mass is 9.95. The van der Waals surface area contributed by atoms with Crippen molar-refractivity contribution in [1.82, 2.24) is 9.88 Å². The summed E-state index contributed by atoms with van der Waals surface area (Å²) >= 11 is 0. The van der Waals surface area contributed by atoms with Gasteiger partial charge in [0.1, 0.15) is 0 Å². The molecule has 2 unspecified atom stereocenters. The average Bonchev–Trinajstić information content (AvgIpc) is 2.61. The summed E-state index contributed by atoms with van der Waals surface area (Å²) in [4.78, 5) is 6.59. The third-order valence-electron chi connectivity index (χ3n) is 3.17. The molecule has 76 valence electrons. The molecule has 1 aliphatic heterocycles. The normalized spacial score (nSPS) is 28.1. The van der Waals surface area contributed by atoms with Crippen LogP contribution in [-0.4, -0.2) is 30.0 Å². The van der Waals surface area contributed by atoms with Crippen LogP contribution in [0.4, 0.5) is 0 Å². The Kier molecular flexibility index (Phi) is 2.79. The van der Waals surface area contributed by atoms with Gasteiger partial charge in [0, 0.05) is 24.4 Å². The maximum Gasteiger partial charge on any atom is 0.0787 e. The fourth-order valence-corrected chi connectivity index (χ4v) is 2.41. The highest BCUT2D eigenvalue weighted by Gasteiger charge is 2.33. The van der Waals surface area contributed by atoms with Gasteiger partial charge in [-0.3, -0.25) is 9.88 Å². The molecule has 3 heteroatoms. The molecule has 2 atom stereocenters. The van der Waals surface area contributed by atoms with Crippen LogP contribution in [0.25, 0.3) is 0 Å². The van der Waals surface area contributed by atoms with Crippen LogP contribution in [0.15, 0.2) is 24.5 Å². The summed E-state index contributed by atoms with van der Waals surface area (Å²) in [6, 6.07) is 4.71. The maximum atomic E-state index is 4.19. The van der Waals surface area contributed by atoms with E-state index < -0.39 is 0 Å². The van der Waals surface area contributed by atoms with Gasteiger partial charge in [0.15, 0.2) is 0 Å². The van der Waals surface area contributed by atoms with E-state index in [1.807, 2.05) is 18.5 Å². The molecule has 0 aliphatic carbocycles. The van der Waals surface area contributed by atoms with Crippen molar-refractivity contribution in [2.75, 3.05) is 20.1 Å². The average molecular weight is 192 g/mol. The zero-order chi connectivity index (χ0) is 9.97. The first-order valence-electron chi connectivity index (χ1n) is 5.22. The fraction of sp³-hybridized carbons (Fsp3) is 0.545. The summed E-state index contributed by atoms with van der Waals surface area (Å²) in [5.74, 6) is 0.698. The molecule has 1 aromatic heterocycles. The maximum absolute atomic E-state index is 4.19. The molecule has 2 rings (SSSR count). The first-order chi connectivity index (χ1) is 6.83. The highest BCUT2D eigenvalue weighted by Crippen LogP contribution is 2.34. The number of quaternary nitrogens is 1. The molecule has 14 heavy (non-hydrogen) atoms. The SMILES string of the molecule is CN1CCC(C[NH3+])C1c1cccnc1. The van der Waals surface area contributed by atoms with Crippen LogP contribution < -0.4 is 5.73 Å². The Balaban J connectivity index is 2.23. The number of aromatic nitrogens is 1. The minimum atomic E-state index is 0.529. The number of pyridine rings is 1. The zero-order valence-electron chi connectivity index (χ0n) is 8.69. The Hall–Kier alpha value is -0.930. The Morgan fingerprint density at radius 3 is 3.14 bits per heavy atom. The van der Waals surface area contributed by atoms with Crippen molar-refractivity contribution in [3.63, 3.8) is 0 Å². The molecular formula is C11H18N3+. The molecule has 0 amide bonds. The molecule has 1 aliphatic rings. The van der Waals surface area contributed by atoms with Crippen molar-refractivity contribution in [2.45, 2.75) is 12.5 Å². The molecule has 0 aromatic carbocycles. The molecular weight excluding hydrogens is 174 g/mol. The fourth-order valence-electron chi connectivity index (χ4n) is 2.41. The lowest BCUT2D eigenvalue weighted by Crippen LogP contribution is -2.54. The van der Waals surface area contributed by atoms with E-state index >= 15 is 0 Å². The van der Waals surface area contributed by atoms with Crippen LogP contribution in [-0.2, 0) is 0 Å². The third-order valence-corrected chi connectivity index (χ3v) is 3.17. The van der Waals surface area contributed by atoms with Crippen LogP contribution in [0.1, 0.15) is 18.0 Å². The van der Waals surface area contributed by atoms with E-state index in [2.05, 4.69) is 28.7 Å². The smallest absolute Gasteiger partial charge is 0.0787 e. The molecule has 1 aromatic rings. The summed E-state index contributed by atoms with van der Waals surface area (Å²) in [6.45, 7) is 2.20. The molecule has 3 nitrogen and oxygen atoms in total. The summed E-state index contributed by atoms with van der Waals surface area (Å²) in [5.41, 5.74) is 5.37. The lowest BCUT2D eigenvalue weighted by Gasteiger charge is -2.23. The van der Waals surface area contributed by atoms with E-state index in [0.717, 1.165) is 6.54 Å². The van der Waals surface area contributed by atoms with Gasteiger partial charge in [0.05, 0.1) is 6.54 Å². The summed E-state index contributed by atoms with van der Waals surface area (Å²) in [7, 11) is 2.19. The van der Waals surface area contributed by atoms with Crippen molar-refractivity contribution >= 4 is 0 Å². The van der Waals surface area contributed by atoms with Gasteiger partial charge in [-0.2, -0.15) is 0 Å². The molecule has 0 radical (unpaired) electrons. The van der Waals surface area contributed by atoms with E-state index in [4.69, 9.17) is 0 Å². The monoisotopic (exact) mass is 192 g/mol. The number of likely N-dealkylation sites (tertiary alicyclic amines) is 1. The Labute approximate surface area is 84.9 Å². The Morgan fingerprint density at radius 1 is 1.64 bits per heavy atom. The Morgan fingerprint density at radius 2 is 2.50 bits per heavy atom. The van der Waals surface area contributed by atoms with Crippen molar-refractivity contribution < 1.29 is 5.73 Å². The van der Waals surface area contributed by atoms with E-state index in [9.17, 15) is 0 Å². The zero-order valence-corrected chi connectivity index (χ0v) is 8.69. The predicted octanol–water partition coefficient (Wildman–Crippen LogP) is 0.316. The van der Waals surface area contributed by atoms with Gasteiger partial charge >= 0.3 is 0 Å². The van der Waals surface area contributed by atoms with Crippen molar-refractivity contribution in [3.8, 4) is 0 Å². The van der Waals surface area contributed by atoms with Crippen molar-refractivity contribution in [2.24, 2.45) is 5.92 Å². The number of nitrogens with zero attached hydrogens (tertiary/aromatic N) is 2. The molecule has 0 saturated carbocycles. The van der Waals surface area contributed by atoms with Gasteiger partial charge in [0.2, 0.25) is 0 Å². The highest BCUT2D eigenvalue weighted by atomic mass is 15.2. The topological polar surface area (TPSA) is 43.8 Å². The van der Waals surface area contributed by atoms with Gasteiger partial charge in [-0.1, -0.05) is 6.07 Å². The number of rotatable bonds is 2. The van der Waals surface area contributed by atoms with Gasteiger partial charge < -0.3 is 5.73 Å². The van der Waals surface area contributed by atoms with Crippen LogP contribution in [0, 0.1) is 5.92 Å². The molecule has 3 N–H and O–H groups in total. The first kappa shape index (κ1) is 9.62. The lowest BCUT2D eigenvalue weighted by molar-refractivity contribution is -0.380. The van der Waals surface area contributed by atoms with E-state index in [1.165, 1.54) is 18.5 Å². The first-order valence-corrected chi connectivity index (χ1v) is 5.22. The molecule has 1 saturated heterocycles. The van der Waals surface area contributed by atoms with Crippen LogP contribution in [0.3, 0.4) is 0 Å². The van der Waals surface area contributed by atoms with Gasteiger partial charge in [-0.05, 0) is 31.6 Å². The van der Waals surface area contributed by atoms with Gasteiger partial charge in [0.25, 0.3) is 0 Å². The van der Waals surface area contributed by atoms with E-state index in [-0.39, 0.29) is 0 Å². The van der Waals surface area contributed by atoms with Crippen molar-refractivity contribution in [3.05, 3.63) is 30.1 Å². The third kappa shape index (κ3) is 1.65. The van der Waals surface area contributed by atoms with Crippen LogP contribution >= 0.6 is 0 Å². The second kappa shape index (κ2) is 4.07.